The van der Waals surface area contributed by atoms with E-state index in [1.165, 1.54) is 12.6 Å². The van der Waals surface area contributed by atoms with Crippen molar-refractivity contribution in [1.82, 2.24) is 19.1 Å². The molecule has 3 heterocycles. The molecule has 1 atom stereocenters. The number of oxazole rings is 1. The molecule has 0 N–H and O–H groups in total. The third-order valence-corrected chi connectivity index (χ3v) is 7.21. The van der Waals surface area contributed by atoms with Crippen molar-refractivity contribution in [3.05, 3.63) is 17.8 Å². The fraction of sp³-hybridized carbons (Fsp3) is 0.789. The van der Waals surface area contributed by atoms with Crippen LogP contribution in [-0.2, 0) is 14.8 Å². The Labute approximate surface area is 173 Å². The van der Waals surface area contributed by atoms with E-state index in [9.17, 15) is 13.2 Å². The summed E-state index contributed by atoms with van der Waals surface area (Å²) in [6.07, 6.45) is 6.22. The van der Waals surface area contributed by atoms with Crippen molar-refractivity contribution in [2.75, 3.05) is 52.7 Å². The Morgan fingerprint density at radius 2 is 1.97 bits per heavy atom. The number of sulfonamides is 1. The van der Waals surface area contributed by atoms with Gasteiger partial charge in [-0.3, -0.25) is 9.69 Å². The summed E-state index contributed by atoms with van der Waals surface area (Å²) < 4.78 is 36.5. The lowest BCUT2D eigenvalue weighted by Gasteiger charge is -2.44. The first kappa shape index (κ1) is 22.2. The zero-order valence-corrected chi connectivity index (χ0v) is 18.4. The van der Waals surface area contributed by atoms with Gasteiger partial charge in [-0.15, -0.1) is 0 Å². The number of aryl methyl sites for hydroxylation is 1. The van der Waals surface area contributed by atoms with Crippen molar-refractivity contribution in [1.29, 1.82) is 0 Å². The molecule has 10 heteroatoms. The van der Waals surface area contributed by atoms with Crippen LogP contribution in [0.2, 0.25) is 0 Å². The van der Waals surface area contributed by atoms with Gasteiger partial charge in [0.2, 0.25) is 15.8 Å². The standard InChI is InChI=1S/C19H32N4O5S/c1-15-18(28-14-20-15)19(24)21(2)9-10-23(16-6-11-27-12-7-16)17-5-4-8-22(13-17)29(3,25)26/h14,16-17H,4-13H2,1-3H3. The minimum Gasteiger partial charge on any atom is -0.438 e. The lowest BCUT2D eigenvalue weighted by Crippen LogP contribution is -2.55. The third kappa shape index (κ3) is 5.56. The first-order chi connectivity index (χ1) is 13.8. The Bertz CT molecular complexity index is 790. The summed E-state index contributed by atoms with van der Waals surface area (Å²) in [5.74, 6) is 0.0827. The number of aromatic nitrogens is 1. The van der Waals surface area contributed by atoms with Crippen molar-refractivity contribution in [2.45, 2.75) is 44.7 Å². The van der Waals surface area contributed by atoms with E-state index in [1.807, 2.05) is 0 Å². The minimum atomic E-state index is -3.20. The largest absolute Gasteiger partial charge is 0.438 e. The molecule has 0 aliphatic carbocycles. The Kier molecular flexibility index (Phi) is 7.31. The van der Waals surface area contributed by atoms with Crippen molar-refractivity contribution < 1.29 is 22.4 Å². The molecular weight excluding hydrogens is 396 g/mol. The van der Waals surface area contributed by atoms with Crippen molar-refractivity contribution in [2.24, 2.45) is 0 Å². The molecule has 2 fully saturated rings. The maximum absolute atomic E-state index is 12.6. The molecule has 29 heavy (non-hydrogen) atoms. The van der Waals surface area contributed by atoms with E-state index in [-0.39, 0.29) is 17.7 Å². The predicted octanol–water partition coefficient (Wildman–Crippen LogP) is 0.960. The molecule has 2 saturated heterocycles. The average Bonchev–Trinajstić information content (AvgIpc) is 3.13. The average molecular weight is 429 g/mol. The summed E-state index contributed by atoms with van der Waals surface area (Å²) >= 11 is 0. The van der Waals surface area contributed by atoms with E-state index in [2.05, 4.69) is 9.88 Å². The number of nitrogens with zero attached hydrogens (tertiary/aromatic N) is 4. The summed E-state index contributed by atoms with van der Waals surface area (Å²) in [5.41, 5.74) is 0.583. The molecule has 3 rings (SSSR count). The Balaban J connectivity index is 1.68. The van der Waals surface area contributed by atoms with Crippen LogP contribution in [0.1, 0.15) is 41.9 Å². The van der Waals surface area contributed by atoms with Crippen LogP contribution in [0.5, 0.6) is 0 Å². The number of ether oxygens (including phenoxy) is 1. The quantitative estimate of drug-likeness (QED) is 0.638. The number of amides is 1. The van der Waals surface area contributed by atoms with Gasteiger partial charge in [-0.05, 0) is 32.6 Å². The summed E-state index contributed by atoms with van der Waals surface area (Å²) in [6.45, 7) is 5.50. The minimum absolute atomic E-state index is 0.150. The van der Waals surface area contributed by atoms with E-state index < -0.39 is 10.0 Å². The van der Waals surface area contributed by atoms with Crippen molar-refractivity contribution >= 4 is 15.9 Å². The highest BCUT2D eigenvalue weighted by Crippen LogP contribution is 2.24. The van der Waals surface area contributed by atoms with Gasteiger partial charge < -0.3 is 14.1 Å². The van der Waals surface area contributed by atoms with E-state index in [1.54, 1.807) is 23.2 Å². The second-order valence-electron chi connectivity index (χ2n) is 7.99. The monoisotopic (exact) mass is 428 g/mol. The van der Waals surface area contributed by atoms with Gasteiger partial charge in [-0.1, -0.05) is 0 Å². The number of piperidine rings is 1. The van der Waals surface area contributed by atoms with Gasteiger partial charge >= 0.3 is 0 Å². The Morgan fingerprint density at radius 3 is 2.59 bits per heavy atom. The van der Waals surface area contributed by atoms with Gasteiger partial charge in [0.25, 0.3) is 5.91 Å². The maximum Gasteiger partial charge on any atom is 0.291 e. The number of carbonyl (C=O) groups is 1. The molecule has 0 saturated carbocycles. The SMILES string of the molecule is Cc1ncoc1C(=O)N(C)CCN(C1CCOCC1)C1CCCN(S(C)(=O)=O)C1. The third-order valence-electron chi connectivity index (χ3n) is 5.94. The lowest BCUT2D eigenvalue weighted by atomic mass is 9.99. The van der Waals surface area contributed by atoms with E-state index in [0.29, 0.717) is 37.9 Å². The van der Waals surface area contributed by atoms with Crippen molar-refractivity contribution in [3.8, 4) is 0 Å². The predicted molar refractivity (Wildman–Crippen MR) is 108 cm³/mol. The van der Waals surface area contributed by atoms with Gasteiger partial charge in [-0.2, -0.15) is 0 Å². The molecule has 0 bridgehead atoms. The number of rotatable bonds is 7. The number of hydrogen-bond donors (Lipinski definition) is 0. The van der Waals surface area contributed by atoms with Gasteiger partial charge in [0.15, 0.2) is 6.39 Å². The lowest BCUT2D eigenvalue weighted by molar-refractivity contribution is 0.00306. The molecule has 0 spiro atoms. The maximum atomic E-state index is 12.6. The van der Waals surface area contributed by atoms with Gasteiger partial charge in [0.05, 0.1) is 11.9 Å². The Morgan fingerprint density at radius 1 is 1.24 bits per heavy atom. The number of likely N-dealkylation sites (N-methyl/N-ethyl adjacent to an activating group) is 1. The zero-order chi connectivity index (χ0) is 21.0. The second-order valence-corrected chi connectivity index (χ2v) is 9.97. The van der Waals surface area contributed by atoms with Crippen molar-refractivity contribution in [3.63, 3.8) is 0 Å². The van der Waals surface area contributed by atoms with E-state index >= 15 is 0 Å². The molecule has 1 aromatic rings. The highest BCUT2D eigenvalue weighted by molar-refractivity contribution is 7.88. The number of carbonyl (C=O) groups excluding carboxylic acids is 1. The second kappa shape index (κ2) is 9.55. The van der Waals surface area contributed by atoms with Crippen LogP contribution >= 0.6 is 0 Å². The molecule has 9 nitrogen and oxygen atoms in total. The topological polar surface area (TPSA) is 96.2 Å². The van der Waals surface area contributed by atoms with Crippen LogP contribution < -0.4 is 0 Å². The highest BCUT2D eigenvalue weighted by atomic mass is 32.2. The van der Waals surface area contributed by atoms with Gasteiger partial charge in [0.1, 0.15) is 0 Å². The van der Waals surface area contributed by atoms with Crippen LogP contribution in [0.4, 0.5) is 0 Å². The summed E-state index contributed by atoms with van der Waals surface area (Å²) in [7, 11) is -1.44. The fourth-order valence-corrected chi connectivity index (χ4v) is 5.12. The molecule has 0 radical (unpaired) electrons. The first-order valence-corrected chi connectivity index (χ1v) is 12.1. The Hall–Kier alpha value is -1.49. The van der Waals surface area contributed by atoms with Gasteiger partial charge in [0, 0.05) is 58.5 Å². The molecule has 164 valence electrons. The molecule has 1 aromatic heterocycles. The molecular formula is C19H32N4O5S. The summed E-state index contributed by atoms with van der Waals surface area (Å²) in [4.78, 5) is 20.7. The van der Waals surface area contributed by atoms with Gasteiger partial charge in [-0.25, -0.2) is 17.7 Å². The van der Waals surface area contributed by atoms with Crippen LogP contribution in [-0.4, -0.2) is 98.2 Å². The summed E-state index contributed by atoms with van der Waals surface area (Å²) in [6, 6.07) is 0.487. The van der Waals surface area contributed by atoms with E-state index in [0.717, 1.165) is 38.9 Å². The van der Waals surface area contributed by atoms with Crippen LogP contribution in [0.15, 0.2) is 10.8 Å². The fourth-order valence-electron chi connectivity index (χ4n) is 4.22. The normalized spacial score (nSPS) is 22.1. The number of hydrogen-bond acceptors (Lipinski definition) is 7. The van der Waals surface area contributed by atoms with E-state index in [4.69, 9.17) is 9.15 Å². The molecule has 1 unspecified atom stereocenters. The smallest absolute Gasteiger partial charge is 0.291 e. The molecule has 2 aliphatic rings. The molecule has 0 aromatic carbocycles. The zero-order valence-electron chi connectivity index (χ0n) is 17.5. The summed E-state index contributed by atoms with van der Waals surface area (Å²) in [5, 5.41) is 0. The first-order valence-electron chi connectivity index (χ1n) is 10.2. The molecule has 2 aliphatic heterocycles. The van der Waals surface area contributed by atoms with Crippen LogP contribution in [0.3, 0.4) is 0 Å². The van der Waals surface area contributed by atoms with Crippen LogP contribution in [0.25, 0.3) is 0 Å². The highest BCUT2D eigenvalue weighted by Gasteiger charge is 2.34. The van der Waals surface area contributed by atoms with Crippen LogP contribution in [0, 0.1) is 6.92 Å². The molecule has 1 amide bonds.